The zero-order valence-corrected chi connectivity index (χ0v) is 26.1. The molecule has 0 atom stereocenters. The number of methoxy groups -OCH3 is 5. The number of benzene rings is 4. The van der Waals surface area contributed by atoms with E-state index in [1.54, 1.807) is 91.0 Å². The van der Waals surface area contributed by atoms with E-state index in [1.165, 1.54) is 47.7 Å². The zero-order valence-electron chi connectivity index (χ0n) is 26.1. The minimum Gasteiger partial charge on any atom is -0.497 e. The summed E-state index contributed by atoms with van der Waals surface area (Å²) in [6.45, 7) is 0. The van der Waals surface area contributed by atoms with Crippen molar-refractivity contribution in [2.75, 3.05) is 40.9 Å². The quantitative estimate of drug-likeness (QED) is 0.137. The van der Waals surface area contributed by atoms with Gasteiger partial charge in [0.2, 0.25) is 5.75 Å². The summed E-state index contributed by atoms with van der Waals surface area (Å²) >= 11 is 0. The minimum absolute atomic E-state index is 0.0224. The van der Waals surface area contributed by atoms with Crippen LogP contribution in [0.25, 0.3) is 12.2 Å². The smallest absolute Gasteiger partial charge is 0.272 e. The molecule has 236 valence electrons. The Morgan fingerprint density at radius 1 is 0.652 bits per heavy atom. The van der Waals surface area contributed by atoms with Crippen LogP contribution in [0.5, 0.6) is 28.7 Å². The Kier molecular flexibility index (Phi) is 11.2. The first kappa shape index (κ1) is 32.9. The van der Waals surface area contributed by atoms with Gasteiger partial charge in [-0.25, -0.2) is 0 Å². The number of carbonyl (C=O) groups excluding carboxylic acids is 3. The number of allylic oxidation sites excluding steroid dienone is 1. The number of hydrogen-bond donors (Lipinski definition) is 2. The Hall–Kier alpha value is -6.03. The number of amides is 2. The lowest BCUT2D eigenvalue weighted by Gasteiger charge is -2.13. The summed E-state index contributed by atoms with van der Waals surface area (Å²) in [4.78, 5) is 39.4. The molecule has 0 aliphatic rings. The van der Waals surface area contributed by atoms with E-state index in [-0.39, 0.29) is 11.5 Å². The predicted octanol–water partition coefficient (Wildman–Crippen LogP) is 6.04. The van der Waals surface area contributed by atoms with E-state index >= 15 is 0 Å². The van der Waals surface area contributed by atoms with Crippen LogP contribution in [0, 0.1) is 0 Å². The molecule has 0 saturated heterocycles. The Labute approximate surface area is 267 Å². The van der Waals surface area contributed by atoms with Crippen LogP contribution in [-0.4, -0.2) is 53.1 Å². The highest BCUT2D eigenvalue weighted by atomic mass is 16.5. The monoisotopic (exact) mass is 622 g/mol. The van der Waals surface area contributed by atoms with Gasteiger partial charge in [-0.1, -0.05) is 24.3 Å². The van der Waals surface area contributed by atoms with Crippen LogP contribution in [0.2, 0.25) is 0 Å². The average molecular weight is 623 g/mol. The first-order chi connectivity index (χ1) is 22.3. The number of carbonyl (C=O) groups is 3. The third kappa shape index (κ3) is 8.11. The first-order valence-electron chi connectivity index (χ1n) is 14.0. The maximum Gasteiger partial charge on any atom is 0.272 e. The van der Waals surface area contributed by atoms with Crippen molar-refractivity contribution in [3.05, 3.63) is 119 Å². The van der Waals surface area contributed by atoms with Gasteiger partial charge in [0.1, 0.15) is 17.2 Å². The number of ether oxygens (including phenoxy) is 5. The fourth-order valence-electron chi connectivity index (χ4n) is 4.42. The fraction of sp³-hybridized carbons (Fsp3) is 0.139. The highest BCUT2D eigenvalue weighted by Crippen LogP contribution is 2.38. The second-order valence-corrected chi connectivity index (χ2v) is 9.67. The van der Waals surface area contributed by atoms with E-state index in [2.05, 4.69) is 10.6 Å². The SMILES string of the molecule is COc1ccc(/C=C(\NC(=O)c2ccccc2)C(=O)Nc2ccc(C(=O)/C=C/c3cc(OC)c(OC)c(OC)c3)cc2)c(OC)c1. The predicted molar refractivity (Wildman–Crippen MR) is 176 cm³/mol. The van der Waals surface area contributed by atoms with Crippen molar-refractivity contribution in [1.82, 2.24) is 5.32 Å². The zero-order chi connectivity index (χ0) is 33.1. The van der Waals surface area contributed by atoms with E-state index in [9.17, 15) is 14.4 Å². The van der Waals surface area contributed by atoms with Crippen LogP contribution in [0.1, 0.15) is 31.8 Å². The largest absolute Gasteiger partial charge is 0.497 e. The summed E-state index contributed by atoms with van der Waals surface area (Å²) in [7, 11) is 7.58. The van der Waals surface area contributed by atoms with Crippen molar-refractivity contribution in [2.24, 2.45) is 0 Å². The lowest BCUT2D eigenvalue weighted by Crippen LogP contribution is -2.30. The minimum atomic E-state index is -0.580. The van der Waals surface area contributed by atoms with Crippen molar-refractivity contribution in [3.63, 3.8) is 0 Å². The summed E-state index contributed by atoms with van der Waals surface area (Å²) in [5.74, 6) is 1.10. The van der Waals surface area contributed by atoms with Crippen LogP contribution >= 0.6 is 0 Å². The number of rotatable bonds is 13. The molecule has 0 bridgehead atoms. The number of hydrogen-bond acceptors (Lipinski definition) is 8. The summed E-state index contributed by atoms with van der Waals surface area (Å²) in [6.07, 6.45) is 4.58. The molecule has 4 aromatic carbocycles. The van der Waals surface area contributed by atoms with Gasteiger partial charge in [0.15, 0.2) is 17.3 Å². The van der Waals surface area contributed by atoms with E-state index in [4.69, 9.17) is 23.7 Å². The molecule has 0 aliphatic carbocycles. The Morgan fingerprint density at radius 2 is 1.30 bits per heavy atom. The molecule has 0 fully saturated rings. The molecule has 0 unspecified atom stereocenters. The molecular formula is C36H34N2O8. The highest BCUT2D eigenvalue weighted by molar-refractivity contribution is 6.11. The Bertz CT molecular complexity index is 1740. The summed E-state index contributed by atoms with van der Waals surface area (Å²) in [5, 5.41) is 5.48. The fourth-order valence-corrected chi connectivity index (χ4v) is 4.42. The topological polar surface area (TPSA) is 121 Å². The van der Waals surface area contributed by atoms with Crippen molar-refractivity contribution in [1.29, 1.82) is 0 Å². The molecule has 10 heteroatoms. The van der Waals surface area contributed by atoms with Gasteiger partial charge in [-0.2, -0.15) is 0 Å². The lowest BCUT2D eigenvalue weighted by atomic mass is 10.1. The molecule has 2 amide bonds. The van der Waals surface area contributed by atoms with Crippen LogP contribution in [0.3, 0.4) is 0 Å². The summed E-state index contributed by atoms with van der Waals surface area (Å²) in [6, 6.07) is 23.5. The van der Waals surface area contributed by atoms with Crippen molar-refractivity contribution >= 4 is 35.4 Å². The number of nitrogens with one attached hydrogen (secondary N) is 2. The van der Waals surface area contributed by atoms with Crippen molar-refractivity contribution < 1.29 is 38.1 Å². The lowest BCUT2D eigenvalue weighted by molar-refractivity contribution is -0.113. The first-order valence-corrected chi connectivity index (χ1v) is 14.0. The van der Waals surface area contributed by atoms with Gasteiger partial charge in [-0.15, -0.1) is 0 Å². The molecule has 0 aliphatic heterocycles. The molecular weight excluding hydrogens is 588 g/mol. The van der Waals surface area contributed by atoms with Crippen LogP contribution in [-0.2, 0) is 4.79 Å². The van der Waals surface area contributed by atoms with E-state index in [0.717, 1.165) is 0 Å². The second kappa shape index (κ2) is 15.6. The van der Waals surface area contributed by atoms with Crippen LogP contribution in [0.4, 0.5) is 5.69 Å². The molecule has 4 aromatic rings. The number of anilines is 1. The van der Waals surface area contributed by atoms with Gasteiger partial charge in [0, 0.05) is 28.4 Å². The molecule has 0 saturated carbocycles. The average Bonchev–Trinajstić information content (AvgIpc) is 3.10. The van der Waals surface area contributed by atoms with Crippen LogP contribution in [0.15, 0.2) is 96.7 Å². The van der Waals surface area contributed by atoms with Crippen molar-refractivity contribution in [2.45, 2.75) is 0 Å². The van der Waals surface area contributed by atoms with Crippen molar-refractivity contribution in [3.8, 4) is 28.7 Å². The van der Waals surface area contributed by atoms with Gasteiger partial charge in [-0.3, -0.25) is 14.4 Å². The molecule has 10 nitrogen and oxygen atoms in total. The van der Waals surface area contributed by atoms with E-state index in [0.29, 0.717) is 56.7 Å². The Balaban J connectivity index is 1.54. The number of ketones is 1. The van der Waals surface area contributed by atoms with Gasteiger partial charge >= 0.3 is 0 Å². The summed E-state index contributed by atoms with van der Waals surface area (Å²) < 4.78 is 26.8. The Morgan fingerprint density at radius 3 is 1.89 bits per heavy atom. The normalized spacial score (nSPS) is 11.0. The van der Waals surface area contributed by atoms with Gasteiger partial charge < -0.3 is 34.3 Å². The molecule has 2 N–H and O–H groups in total. The third-order valence-electron chi connectivity index (χ3n) is 6.81. The van der Waals surface area contributed by atoms with Gasteiger partial charge in [0.25, 0.3) is 11.8 Å². The second-order valence-electron chi connectivity index (χ2n) is 9.67. The van der Waals surface area contributed by atoms with Crippen LogP contribution < -0.4 is 34.3 Å². The molecule has 0 spiro atoms. The van der Waals surface area contributed by atoms with E-state index in [1.807, 2.05) is 0 Å². The summed E-state index contributed by atoms with van der Waals surface area (Å²) in [5.41, 5.74) is 2.39. The molecule has 4 rings (SSSR count). The maximum atomic E-state index is 13.5. The molecule has 0 radical (unpaired) electrons. The van der Waals surface area contributed by atoms with Gasteiger partial charge in [0.05, 0.1) is 35.5 Å². The molecule has 0 aromatic heterocycles. The molecule has 0 heterocycles. The third-order valence-corrected chi connectivity index (χ3v) is 6.81. The van der Waals surface area contributed by atoms with Gasteiger partial charge in [-0.05, 0) is 78.4 Å². The maximum absolute atomic E-state index is 13.5. The standard InChI is InChI=1S/C36H34N2O8/c1-42-28-17-14-26(31(22-28)43-2)21-29(38-35(40)25-9-7-6-8-10-25)36(41)37-27-15-12-24(13-16-27)30(39)18-11-23-19-32(44-3)34(46-5)33(20-23)45-4/h6-22H,1-5H3,(H,37,41)(H,38,40)/b18-11+,29-21-. The highest BCUT2D eigenvalue weighted by Gasteiger charge is 2.17. The molecule has 46 heavy (non-hydrogen) atoms. The van der Waals surface area contributed by atoms with E-state index < -0.39 is 11.8 Å².